The molecule has 2 saturated heterocycles. The van der Waals surface area contributed by atoms with Crippen LogP contribution in [0.2, 0.25) is 5.02 Å². The number of nitrogens with zero attached hydrogens (tertiary/aromatic N) is 4. The van der Waals surface area contributed by atoms with E-state index in [1.54, 1.807) is 6.07 Å². The van der Waals surface area contributed by atoms with E-state index in [0.717, 1.165) is 50.1 Å². The van der Waals surface area contributed by atoms with Crippen LogP contribution in [0, 0.1) is 23.0 Å². The molecule has 6 rings (SSSR count). The first-order valence-corrected chi connectivity index (χ1v) is 12.5. The molecule has 0 bridgehead atoms. The van der Waals surface area contributed by atoms with Crippen molar-refractivity contribution in [3.8, 4) is 23.2 Å². The SMILES string of the molecule is N#Cc1c(N)sc2c(F)ccc(-c3c(Cl)cc4cnc(OCC56CCCN5CCC6)nc4c3F)c12. The van der Waals surface area contributed by atoms with Crippen molar-refractivity contribution in [1.82, 2.24) is 14.9 Å². The van der Waals surface area contributed by atoms with Gasteiger partial charge in [-0.2, -0.15) is 10.2 Å². The number of ether oxygens (including phenoxy) is 1. The second kappa shape index (κ2) is 8.26. The van der Waals surface area contributed by atoms with Gasteiger partial charge in [0.25, 0.3) is 0 Å². The Hall–Kier alpha value is -3.06. The van der Waals surface area contributed by atoms with Crippen LogP contribution in [0.1, 0.15) is 31.2 Å². The molecule has 4 aromatic rings. The van der Waals surface area contributed by atoms with Gasteiger partial charge >= 0.3 is 6.01 Å². The minimum absolute atomic E-state index is 0.00825. The smallest absolute Gasteiger partial charge is 0.317 e. The summed E-state index contributed by atoms with van der Waals surface area (Å²) in [5, 5.41) is 10.5. The molecule has 6 nitrogen and oxygen atoms in total. The largest absolute Gasteiger partial charge is 0.461 e. The maximum atomic E-state index is 16.0. The van der Waals surface area contributed by atoms with Gasteiger partial charge in [-0.1, -0.05) is 17.7 Å². The number of hydrogen-bond acceptors (Lipinski definition) is 7. The highest BCUT2D eigenvalue weighted by Gasteiger charge is 2.45. The van der Waals surface area contributed by atoms with Crippen LogP contribution in [0.4, 0.5) is 13.8 Å². The molecule has 35 heavy (non-hydrogen) atoms. The monoisotopic (exact) mass is 511 g/mol. The summed E-state index contributed by atoms with van der Waals surface area (Å²) in [5.41, 5.74) is 6.40. The lowest BCUT2D eigenvalue weighted by Crippen LogP contribution is -2.43. The summed E-state index contributed by atoms with van der Waals surface area (Å²) in [6.45, 7) is 2.60. The van der Waals surface area contributed by atoms with Crippen LogP contribution in [-0.2, 0) is 0 Å². The van der Waals surface area contributed by atoms with Gasteiger partial charge < -0.3 is 10.5 Å². The van der Waals surface area contributed by atoms with Gasteiger partial charge in [-0.25, -0.2) is 13.8 Å². The first-order valence-electron chi connectivity index (χ1n) is 11.4. The van der Waals surface area contributed by atoms with Gasteiger partial charge in [-0.15, -0.1) is 11.3 Å². The Labute approximate surface area is 208 Å². The Kier molecular flexibility index (Phi) is 5.29. The number of fused-ring (bicyclic) bond motifs is 3. The molecule has 0 amide bonds. The number of rotatable bonds is 4. The highest BCUT2D eigenvalue weighted by atomic mass is 35.5. The molecule has 0 atom stereocenters. The number of nitrogen functional groups attached to an aromatic ring is 1. The quantitative estimate of drug-likeness (QED) is 0.367. The Balaban J connectivity index is 1.45. The van der Waals surface area contributed by atoms with Crippen molar-refractivity contribution in [3.05, 3.63) is 46.6 Å². The van der Waals surface area contributed by atoms with Crippen molar-refractivity contribution >= 4 is 48.9 Å². The van der Waals surface area contributed by atoms with Crippen LogP contribution in [0.5, 0.6) is 6.01 Å². The molecule has 0 spiro atoms. The van der Waals surface area contributed by atoms with E-state index in [2.05, 4.69) is 14.9 Å². The molecule has 2 aromatic carbocycles. The average molecular weight is 512 g/mol. The second-order valence-corrected chi connectivity index (χ2v) is 10.6. The van der Waals surface area contributed by atoms with Gasteiger partial charge in [0.1, 0.15) is 29.0 Å². The molecule has 2 N–H and O–H groups in total. The molecule has 2 aliphatic heterocycles. The van der Waals surface area contributed by atoms with Crippen molar-refractivity contribution < 1.29 is 13.5 Å². The van der Waals surface area contributed by atoms with Crippen LogP contribution >= 0.6 is 22.9 Å². The Morgan fingerprint density at radius 3 is 2.77 bits per heavy atom. The topological polar surface area (TPSA) is 88.1 Å². The van der Waals surface area contributed by atoms with Crippen LogP contribution in [0.3, 0.4) is 0 Å². The number of benzene rings is 2. The van der Waals surface area contributed by atoms with Gasteiger partial charge in [0.2, 0.25) is 0 Å². The van der Waals surface area contributed by atoms with E-state index < -0.39 is 11.6 Å². The van der Waals surface area contributed by atoms with Crippen molar-refractivity contribution in [1.29, 1.82) is 5.26 Å². The Morgan fingerprint density at radius 1 is 1.26 bits per heavy atom. The fourth-order valence-corrected chi connectivity index (χ4v) is 6.82. The first-order chi connectivity index (χ1) is 16.9. The lowest BCUT2D eigenvalue weighted by atomic mass is 9.95. The number of thiophene rings is 1. The van der Waals surface area contributed by atoms with E-state index in [-0.39, 0.29) is 53.9 Å². The van der Waals surface area contributed by atoms with Crippen LogP contribution in [-0.4, -0.2) is 40.1 Å². The second-order valence-electron chi connectivity index (χ2n) is 9.10. The van der Waals surface area contributed by atoms with Gasteiger partial charge in [0.15, 0.2) is 5.82 Å². The number of hydrogen-bond donors (Lipinski definition) is 1. The molecule has 0 saturated carbocycles. The summed E-state index contributed by atoms with van der Waals surface area (Å²) in [5.74, 6) is -1.23. The summed E-state index contributed by atoms with van der Waals surface area (Å²) in [7, 11) is 0. The molecule has 2 aliphatic rings. The van der Waals surface area contributed by atoms with Crippen LogP contribution < -0.4 is 10.5 Å². The standard InChI is InChI=1S/C25H20ClF2N5OS/c26-16-9-13-11-31-24(34-12-25-5-1-7-33(25)8-2-6-25)32-21(13)20(28)19(16)14-3-4-17(27)22-18(14)15(10-29)23(30)35-22/h3-4,9,11H,1-2,5-8,12,30H2. The minimum Gasteiger partial charge on any atom is -0.461 e. The highest BCUT2D eigenvalue weighted by Crippen LogP contribution is 2.45. The van der Waals surface area contributed by atoms with E-state index in [1.165, 1.54) is 18.3 Å². The third kappa shape index (κ3) is 3.43. The molecule has 178 valence electrons. The molecule has 4 heterocycles. The van der Waals surface area contributed by atoms with Crippen LogP contribution in [0.15, 0.2) is 24.4 Å². The normalized spacial score (nSPS) is 17.2. The van der Waals surface area contributed by atoms with Gasteiger partial charge in [0, 0.05) is 22.5 Å². The molecule has 0 aliphatic carbocycles. The van der Waals surface area contributed by atoms with Crippen molar-refractivity contribution in [3.63, 3.8) is 0 Å². The zero-order valence-corrected chi connectivity index (χ0v) is 20.1. The minimum atomic E-state index is -0.692. The van der Waals surface area contributed by atoms with E-state index in [0.29, 0.717) is 12.0 Å². The van der Waals surface area contributed by atoms with Crippen molar-refractivity contribution in [2.24, 2.45) is 0 Å². The zero-order valence-electron chi connectivity index (χ0n) is 18.6. The van der Waals surface area contributed by atoms with Gasteiger partial charge in [0.05, 0.1) is 20.8 Å². The summed E-state index contributed by atoms with van der Waals surface area (Å²) in [4.78, 5) is 11.1. The lowest BCUT2D eigenvalue weighted by Gasteiger charge is -2.31. The molecule has 2 fully saturated rings. The fraction of sp³-hybridized carbons (Fsp3) is 0.320. The van der Waals surface area contributed by atoms with E-state index >= 15 is 4.39 Å². The van der Waals surface area contributed by atoms with E-state index in [1.807, 2.05) is 6.07 Å². The molecule has 10 heteroatoms. The zero-order chi connectivity index (χ0) is 24.3. The Bertz CT molecular complexity index is 1540. The number of halogens is 3. The summed E-state index contributed by atoms with van der Waals surface area (Å²) < 4.78 is 36.6. The molecule has 2 aromatic heterocycles. The predicted octanol–water partition coefficient (Wildman–Crippen LogP) is 5.90. The number of nitriles is 1. The van der Waals surface area contributed by atoms with Crippen molar-refractivity contribution in [2.75, 3.05) is 25.4 Å². The lowest BCUT2D eigenvalue weighted by molar-refractivity contribution is 0.108. The number of aromatic nitrogens is 2. The van der Waals surface area contributed by atoms with Gasteiger partial charge in [-0.3, -0.25) is 4.90 Å². The first kappa shape index (κ1) is 22.4. The average Bonchev–Trinajstić information content (AvgIpc) is 3.51. The molecular weight excluding hydrogens is 492 g/mol. The molecular formula is C25H20ClF2N5OS. The fourth-order valence-electron chi connectivity index (χ4n) is 5.57. The maximum absolute atomic E-state index is 16.0. The summed E-state index contributed by atoms with van der Waals surface area (Å²) in [6.07, 6.45) is 5.91. The summed E-state index contributed by atoms with van der Waals surface area (Å²) in [6, 6.07) is 6.29. The predicted molar refractivity (Wildman–Crippen MR) is 133 cm³/mol. The third-order valence-corrected chi connectivity index (χ3v) is 8.55. The molecule has 0 radical (unpaired) electrons. The highest BCUT2D eigenvalue weighted by molar-refractivity contribution is 7.23. The molecule has 0 unspecified atom stereocenters. The van der Waals surface area contributed by atoms with E-state index in [9.17, 15) is 9.65 Å². The third-order valence-electron chi connectivity index (χ3n) is 7.22. The number of anilines is 1. The van der Waals surface area contributed by atoms with E-state index in [4.69, 9.17) is 22.1 Å². The summed E-state index contributed by atoms with van der Waals surface area (Å²) >= 11 is 7.44. The van der Waals surface area contributed by atoms with Crippen molar-refractivity contribution in [2.45, 2.75) is 31.2 Å². The Morgan fingerprint density at radius 2 is 2.03 bits per heavy atom. The van der Waals surface area contributed by atoms with Crippen LogP contribution in [0.25, 0.3) is 32.1 Å². The maximum Gasteiger partial charge on any atom is 0.317 e. The van der Waals surface area contributed by atoms with Gasteiger partial charge in [-0.05, 0) is 56.5 Å². The number of nitrogens with two attached hydrogens (primary N) is 1.